The largest absolute Gasteiger partial charge is 0.494 e. The van der Waals surface area contributed by atoms with Gasteiger partial charge in [-0.25, -0.2) is 4.39 Å². The van der Waals surface area contributed by atoms with Crippen LogP contribution < -0.4 is 10.1 Å². The Morgan fingerprint density at radius 3 is 2.43 bits per heavy atom. The van der Waals surface area contributed by atoms with Gasteiger partial charge < -0.3 is 14.8 Å². The highest BCUT2D eigenvalue weighted by Gasteiger charge is 2.15. The van der Waals surface area contributed by atoms with Crippen molar-refractivity contribution in [2.24, 2.45) is 0 Å². The lowest BCUT2D eigenvalue weighted by molar-refractivity contribution is -0.384. The van der Waals surface area contributed by atoms with Gasteiger partial charge in [-0.15, -0.1) is 0 Å². The zero-order valence-electron chi connectivity index (χ0n) is 16.1. The maximum absolute atomic E-state index is 13.6. The van der Waals surface area contributed by atoms with Crippen LogP contribution in [0.25, 0.3) is 0 Å². The number of nitrogens with zero attached hydrogens (tertiary/aromatic N) is 1. The normalized spacial score (nSPS) is 10.2. The van der Waals surface area contributed by atoms with E-state index in [0.29, 0.717) is 17.9 Å². The first-order valence-corrected chi connectivity index (χ1v) is 8.95. The summed E-state index contributed by atoms with van der Waals surface area (Å²) in [5.74, 6) is -2.19. The summed E-state index contributed by atoms with van der Waals surface area (Å²) in [5.41, 5.74) is -0.405. The summed E-state index contributed by atoms with van der Waals surface area (Å²) < 4.78 is 23.7. The summed E-state index contributed by atoms with van der Waals surface area (Å²) in [6.07, 6.45) is -0.363. The minimum atomic E-state index is -0.874. The zero-order chi connectivity index (χ0) is 22.1. The third-order valence-electron chi connectivity index (χ3n) is 3.84. The van der Waals surface area contributed by atoms with E-state index >= 15 is 0 Å². The molecule has 0 saturated carbocycles. The van der Waals surface area contributed by atoms with Gasteiger partial charge in [0.25, 0.3) is 11.6 Å². The minimum Gasteiger partial charge on any atom is -0.494 e. The van der Waals surface area contributed by atoms with Crippen LogP contribution in [0.1, 0.15) is 30.1 Å². The lowest BCUT2D eigenvalue weighted by Crippen LogP contribution is -2.21. The number of non-ortho nitro benzene ring substituents is 1. The molecule has 0 saturated heterocycles. The van der Waals surface area contributed by atoms with Gasteiger partial charge >= 0.3 is 5.97 Å². The molecular formula is C20H19FN2O7. The average Bonchev–Trinajstić information content (AvgIpc) is 2.72. The van der Waals surface area contributed by atoms with Crippen molar-refractivity contribution in [3.63, 3.8) is 0 Å². The molecule has 1 amide bonds. The Hall–Kier alpha value is -3.82. The van der Waals surface area contributed by atoms with Gasteiger partial charge in [-0.3, -0.25) is 24.5 Å². The lowest BCUT2D eigenvalue weighted by Gasteiger charge is -2.08. The van der Waals surface area contributed by atoms with Crippen molar-refractivity contribution < 1.29 is 33.2 Å². The molecule has 0 fully saturated rings. The van der Waals surface area contributed by atoms with Gasteiger partial charge in [0.1, 0.15) is 11.6 Å². The van der Waals surface area contributed by atoms with Crippen molar-refractivity contribution in [3.05, 3.63) is 64.0 Å². The molecule has 0 spiro atoms. The van der Waals surface area contributed by atoms with E-state index in [-0.39, 0.29) is 18.6 Å². The monoisotopic (exact) mass is 418 g/mol. The Balaban J connectivity index is 1.79. The van der Waals surface area contributed by atoms with Crippen molar-refractivity contribution in [2.75, 3.05) is 18.5 Å². The predicted octanol–water partition coefficient (Wildman–Crippen LogP) is 3.28. The molecule has 2 aromatic carbocycles. The number of nitro benzene ring substituents is 1. The van der Waals surface area contributed by atoms with Crippen molar-refractivity contribution in [1.82, 2.24) is 0 Å². The number of ether oxygens (including phenoxy) is 2. The number of amides is 1. The number of rotatable bonds is 10. The fourth-order valence-electron chi connectivity index (χ4n) is 2.39. The molecule has 2 aromatic rings. The standard InChI is InChI=1S/C20H19FN2O7/c1-2-29-15-6-3-13(4-7-15)18(24)9-10-20(26)30-12-19(25)22-17-11-14(23(27)28)5-8-16(17)21/h3-8,11H,2,9-10,12H2,1H3,(H,22,25). The number of esters is 1. The molecule has 0 radical (unpaired) electrons. The third kappa shape index (κ3) is 6.66. The van der Waals surface area contributed by atoms with Gasteiger partial charge in [0.2, 0.25) is 0 Å². The Labute approximate surface area is 170 Å². The van der Waals surface area contributed by atoms with Crippen LogP contribution in [0.5, 0.6) is 5.75 Å². The number of Topliss-reactive ketones (excluding diaryl/α,β-unsaturated/α-hetero) is 1. The summed E-state index contributed by atoms with van der Waals surface area (Å²) in [4.78, 5) is 45.6. The van der Waals surface area contributed by atoms with Gasteiger partial charge in [0.15, 0.2) is 12.4 Å². The topological polar surface area (TPSA) is 125 Å². The SMILES string of the molecule is CCOc1ccc(C(=O)CCC(=O)OCC(=O)Nc2cc([N+](=O)[O-])ccc2F)cc1. The summed E-state index contributed by atoms with van der Waals surface area (Å²) in [6, 6.07) is 9.10. The van der Waals surface area contributed by atoms with Crippen LogP contribution in [0.15, 0.2) is 42.5 Å². The summed E-state index contributed by atoms with van der Waals surface area (Å²) in [7, 11) is 0. The summed E-state index contributed by atoms with van der Waals surface area (Å²) >= 11 is 0. The van der Waals surface area contributed by atoms with Gasteiger partial charge in [-0.1, -0.05) is 0 Å². The molecule has 0 bridgehead atoms. The number of halogens is 1. The molecule has 0 unspecified atom stereocenters. The minimum absolute atomic E-state index is 0.117. The number of hydrogen-bond donors (Lipinski definition) is 1. The Morgan fingerprint density at radius 1 is 1.10 bits per heavy atom. The molecule has 9 nitrogen and oxygen atoms in total. The smallest absolute Gasteiger partial charge is 0.306 e. The van der Waals surface area contributed by atoms with Crippen LogP contribution in [0.2, 0.25) is 0 Å². The van der Waals surface area contributed by atoms with E-state index in [1.807, 2.05) is 6.92 Å². The highest BCUT2D eigenvalue weighted by atomic mass is 19.1. The Bertz CT molecular complexity index is 945. The molecule has 10 heteroatoms. The fourth-order valence-corrected chi connectivity index (χ4v) is 2.39. The molecule has 0 aliphatic carbocycles. The van der Waals surface area contributed by atoms with Crippen LogP contribution in [0, 0.1) is 15.9 Å². The van der Waals surface area contributed by atoms with E-state index < -0.39 is 40.6 Å². The lowest BCUT2D eigenvalue weighted by atomic mass is 10.1. The quantitative estimate of drug-likeness (QED) is 0.272. The van der Waals surface area contributed by atoms with Crippen molar-refractivity contribution in [3.8, 4) is 5.75 Å². The van der Waals surface area contributed by atoms with Crippen LogP contribution in [-0.4, -0.2) is 35.8 Å². The molecule has 30 heavy (non-hydrogen) atoms. The second kappa shape index (κ2) is 10.6. The molecule has 2 rings (SSSR count). The molecule has 0 heterocycles. The maximum Gasteiger partial charge on any atom is 0.306 e. The first kappa shape index (κ1) is 22.5. The van der Waals surface area contributed by atoms with Crippen molar-refractivity contribution in [2.45, 2.75) is 19.8 Å². The molecule has 0 atom stereocenters. The van der Waals surface area contributed by atoms with Gasteiger partial charge in [0.05, 0.1) is 23.6 Å². The maximum atomic E-state index is 13.6. The molecule has 0 aromatic heterocycles. The van der Waals surface area contributed by atoms with Crippen molar-refractivity contribution in [1.29, 1.82) is 0 Å². The first-order chi connectivity index (χ1) is 14.3. The number of anilines is 1. The van der Waals surface area contributed by atoms with Crippen LogP contribution in [-0.2, 0) is 14.3 Å². The third-order valence-corrected chi connectivity index (χ3v) is 3.84. The van der Waals surface area contributed by atoms with E-state index in [1.54, 1.807) is 24.3 Å². The number of ketones is 1. The van der Waals surface area contributed by atoms with E-state index in [2.05, 4.69) is 5.32 Å². The first-order valence-electron chi connectivity index (χ1n) is 8.95. The number of nitro groups is 1. The second-order valence-electron chi connectivity index (χ2n) is 6.01. The summed E-state index contributed by atoms with van der Waals surface area (Å²) in [6.45, 7) is 1.61. The van der Waals surface area contributed by atoms with Crippen molar-refractivity contribution >= 4 is 29.0 Å². The van der Waals surface area contributed by atoms with E-state index in [0.717, 1.165) is 18.2 Å². The van der Waals surface area contributed by atoms with Crippen LogP contribution in [0.4, 0.5) is 15.8 Å². The second-order valence-corrected chi connectivity index (χ2v) is 6.01. The molecular weight excluding hydrogens is 399 g/mol. The Kier molecular flexibility index (Phi) is 7.98. The molecule has 0 aliphatic heterocycles. The number of benzene rings is 2. The highest BCUT2D eigenvalue weighted by Crippen LogP contribution is 2.21. The molecule has 0 aliphatic rings. The van der Waals surface area contributed by atoms with E-state index in [4.69, 9.17) is 9.47 Å². The van der Waals surface area contributed by atoms with Gasteiger partial charge in [0, 0.05) is 24.1 Å². The Morgan fingerprint density at radius 2 is 1.80 bits per heavy atom. The number of nitrogens with one attached hydrogen (secondary N) is 1. The van der Waals surface area contributed by atoms with Gasteiger partial charge in [-0.05, 0) is 37.3 Å². The van der Waals surface area contributed by atoms with E-state index in [1.165, 1.54) is 0 Å². The molecule has 1 N–H and O–H groups in total. The zero-order valence-corrected chi connectivity index (χ0v) is 16.1. The highest BCUT2D eigenvalue weighted by molar-refractivity contribution is 5.98. The average molecular weight is 418 g/mol. The number of carbonyl (C=O) groups is 3. The predicted molar refractivity (Wildman–Crippen MR) is 104 cm³/mol. The van der Waals surface area contributed by atoms with Crippen LogP contribution in [0.3, 0.4) is 0 Å². The number of carbonyl (C=O) groups excluding carboxylic acids is 3. The number of hydrogen-bond acceptors (Lipinski definition) is 7. The van der Waals surface area contributed by atoms with Gasteiger partial charge in [-0.2, -0.15) is 0 Å². The molecule has 158 valence electrons. The summed E-state index contributed by atoms with van der Waals surface area (Å²) in [5, 5.41) is 12.8. The van der Waals surface area contributed by atoms with E-state index in [9.17, 15) is 28.9 Å². The fraction of sp³-hybridized carbons (Fsp3) is 0.250. The van der Waals surface area contributed by atoms with Crippen LogP contribution >= 0.6 is 0 Å².